The van der Waals surface area contributed by atoms with Crippen LogP contribution in [0.4, 0.5) is 5.69 Å². The summed E-state index contributed by atoms with van der Waals surface area (Å²) in [5.74, 6) is -0.739. The Labute approximate surface area is 212 Å². The lowest BCUT2D eigenvalue weighted by molar-refractivity contribution is -0.120. The van der Waals surface area contributed by atoms with Crippen molar-refractivity contribution in [2.75, 3.05) is 32.1 Å². The van der Waals surface area contributed by atoms with Gasteiger partial charge in [0.15, 0.2) is 0 Å². The second-order valence-corrected chi connectivity index (χ2v) is 11.5. The number of piperidine rings is 1. The lowest BCUT2D eigenvalue weighted by Gasteiger charge is -2.31. The van der Waals surface area contributed by atoms with Gasteiger partial charge in [0.2, 0.25) is 15.9 Å². The van der Waals surface area contributed by atoms with Crippen molar-refractivity contribution < 1.29 is 27.5 Å². The number of ether oxygens (including phenoxy) is 2. The Kier molecular flexibility index (Phi) is 7.65. The molecule has 4 rings (SSSR count). The number of rotatable bonds is 7. The molecule has 2 aromatic carbocycles. The van der Waals surface area contributed by atoms with E-state index >= 15 is 0 Å². The van der Waals surface area contributed by atoms with Gasteiger partial charge in [-0.05, 0) is 67.6 Å². The summed E-state index contributed by atoms with van der Waals surface area (Å²) in [5.41, 5.74) is 0.579. The van der Waals surface area contributed by atoms with E-state index in [0.29, 0.717) is 42.3 Å². The molecule has 8 nitrogen and oxygen atoms in total. The maximum absolute atomic E-state index is 13.2. The zero-order valence-corrected chi connectivity index (χ0v) is 21.6. The van der Waals surface area contributed by atoms with Crippen molar-refractivity contribution in [2.45, 2.75) is 24.7 Å². The number of carbonyl (C=O) groups excluding carboxylic acids is 2. The molecule has 1 amide bonds. The normalized spacial score (nSPS) is 16.7. The van der Waals surface area contributed by atoms with Crippen LogP contribution in [0.2, 0.25) is 5.02 Å². The van der Waals surface area contributed by atoms with Crippen LogP contribution in [0.15, 0.2) is 47.4 Å². The topological polar surface area (TPSA) is 102 Å². The van der Waals surface area contributed by atoms with Crippen LogP contribution >= 0.6 is 22.9 Å². The average molecular weight is 537 g/mol. The molecule has 3 aromatic rings. The van der Waals surface area contributed by atoms with Crippen molar-refractivity contribution in [1.82, 2.24) is 4.31 Å². The summed E-state index contributed by atoms with van der Waals surface area (Å²) in [6.07, 6.45) is 1.14. The highest BCUT2D eigenvalue weighted by Gasteiger charge is 2.33. The molecule has 1 N–H and O–H groups in total. The van der Waals surface area contributed by atoms with Crippen LogP contribution < -0.4 is 10.1 Å². The summed E-state index contributed by atoms with van der Waals surface area (Å²) in [4.78, 5) is 25.3. The highest BCUT2D eigenvalue weighted by molar-refractivity contribution is 7.89. The van der Waals surface area contributed by atoms with E-state index in [9.17, 15) is 18.0 Å². The average Bonchev–Trinajstić information content (AvgIpc) is 3.28. The van der Waals surface area contributed by atoms with Gasteiger partial charge < -0.3 is 14.8 Å². The number of benzene rings is 2. The van der Waals surface area contributed by atoms with Crippen LogP contribution in [0.25, 0.3) is 10.1 Å². The molecule has 1 aliphatic heterocycles. The van der Waals surface area contributed by atoms with Gasteiger partial charge in [0.25, 0.3) is 0 Å². The molecule has 1 aromatic heterocycles. The summed E-state index contributed by atoms with van der Waals surface area (Å²) in [6.45, 7) is 2.64. The van der Waals surface area contributed by atoms with Gasteiger partial charge >= 0.3 is 5.97 Å². The molecule has 0 bridgehead atoms. The number of nitrogens with one attached hydrogen (secondary N) is 1. The van der Waals surface area contributed by atoms with Gasteiger partial charge in [0.1, 0.15) is 10.6 Å². The van der Waals surface area contributed by atoms with Crippen molar-refractivity contribution in [3.05, 3.63) is 52.4 Å². The molecule has 11 heteroatoms. The Morgan fingerprint density at radius 3 is 2.71 bits per heavy atom. The number of methoxy groups -OCH3 is 1. The summed E-state index contributed by atoms with van der Waals surface area (Å²) in [5, 5.41) is 3.92. The summed E-state index contributed by atoms with van der Waals surface area (Å²) >= 11 is 7.51. The lowest BCUT2D eigenvalue weighted by atomic mass is 9.98. The first-order chi connectivity index (χ1) is 16.7. The van der Waals surface area contributed by atoms with Crippen LogP contribution in [0.5, 0.6) is 5.75 Å². The molecule has 0 aliphatic carbocycles. The molecule has 1 saturated heterocycles. The number of halogens is 1. The molecule has 35 heavy (non-hydrogen) atoms. The van der Waals surface area contributed by atoms with E-state index in [1.165, 1.54) is 34.9 Å². The third-order valence-electron chi connectivity index (χ3n) is 5.77. The van der Waals surface area contributed by atoms with Crippen LogP contribution in [0, 0.1) is 5.92 Å². The van der Waals surface area contributed by atoms with Crippen molar-refractivity contribution in [2.24, 2.45) is 5.92 Å². The molecule has 2 heterocycles. The highest BCUT2D eigenvalue weighted by atomic mass is 35.5. The Morgan fingerprint density at radius 2 is 2.00 bits per heavy atom. The number of hydrogen-bond acceptors (Lipinski definition) is 7. The molecule has 1 aliphatic rings. The van der Waals surface area contributed by atoms with E-state index in [1.54, 1.807) is 24.3 Å². The first kappa shape index (κ1) is 25.4. The third kappa shape index (κ3) is 5.45. The van der Waals surface area contributed by atoms with Gasteiger partial charge in [-0.2, -0.15) is 4.31 Å². The molecule has 1 unspecified atom stereocenters. The van der Waals surface area contributed by atoms with Gasteiger partial charge in [0, 0.05) is 23.5 Å². The van der Waals surface area contributed by atoms with Gasteiger partial charge in [0.05, 0.1) is 29.6 Å². The minimum atomic E-state index is -3.82. The van der Waals surface area contributed by atoms with Crippen molar-refractivity contribution in [3.8, 4) is 5.75 Å². The standard InChI is InChI=1S/C24H25ClN2O6S2/c1-3-33-20-8-7-18(13-19(20)25)35(30,31)27-10-4-5-15(14-27)23(28)26-17-6-9-21-16(11-17)12-22(34-21)24(29)32-2/h6-9,11-13,15H,3-5,10,14H2,1-2H3,(H,26,28). The van der Waals surface area contributed by atoms with E-state index in [1.807, 2.05) is 13.0 Å². The maximum atomic E-state index is 13.2. The molecule has 1 atom stereocenters. The van der Waals surface area contributed by atoms with Crippen molar-refractivity contribution in [1.29, 1.82) is 0 Å². The number of anilines is 1. The summed E-state index contributed by atoms with van der Waals surface area (Å²) in [7, 11) is -2.49. The van der Waals surface area contributed by atoms with Crippen LogP contribution in [0.1, 0.15) is 29.4 Å². The number of esters is 1. The summed E-state index contributed by atoms with van der Waals surface area (Å²) < 4.78 is 38.8. The predicted molar refractivity (Wildman–Crippen MR) is 136 cm³/mol. The van der Waals surface area contributed by atoms with Crippen LogP contribution in [-0.4, -0.2) is 51.4 Å². The SMILES string of the molecule is CCOc1ccc(S(=O)(=O)N2CCCC(C(=O)Nc3ccc4sc(C(=O)OC)cc4c3)C2)cc1Cl. The third-order valence-corrected chi connectivity index (χ3v) is 9.02. The second-order valence-electron chi connectivity index (χ2n) is 8.07. The van der Waals surface area contributed by atoms with E-state index in [0.717, 1.165) is 10.1 Å². The molecule has 0 saturated carbocycles. The van der Waals surface area contributed by atoms with Gasteiger partial charge in [-0.1, -0.05) is 11.6 Å². The zero-order chi connectivity index (χ0) is 25.2. The predicted octanol–water partition coefficient (Wildman–Crippen LogP) is 4.78. The van der Waals surface area contributed by atoms with Gasteiger partial charge in [-0.15, -0.1) is 11.3 Å². The first-order valence-electron chi connectivity index (χ1n) is 11.1. The monoisotopic (exact) mass is 536 g/mol. The number of thiophene rings is 1. The molecule has 186 valence electrons. The van der Waals surface area contributed by atoms with Crippen molar-refractivity contribution >= 4 is 60.6 Å². The molecule has 1 fully saturated rings. The fraction of sp³-hybridized carbons (Fsp3) is 0.333. The minimum absolute atomic E-state index is 0.0660. The Bertz CT molecular complexity index is 1370. The van der Waals surface area contributed by atoms with Crippen LogP contribution in [0.3, 0.4) is 0 Å². The van der Waals surface area contributed by atoms with Crippen LogP contribution in [-0.2, 0) is 19.6 Å². The largest absolute Gasteiger partial charge is 0.492 e. The number of hydrogen-bond donors (Lipinski definition) is 1. The minimum Gasteiger partial charge on any atom is -0.492 e. The van der Waals surface area contributed by atoms with E-state index in [-0.39, 0.29) is 22.4 Å². The fourth-order valence-electron chi connectivity index (χ4n) is 4.01. The molecule has 0 radical (unpaired) electrons. The maximum Gasteiger partial charge on any atom is 0.348 e. The Morgan fingerprint density at radius 1 is 1.20 bits per heavy atom. The van der Waals surface area contributed by atoms with Gasteiger partial charge in [-0.3, -0.25) is 4.79 Å². The number of fused-ring (bicyclic) bond motifs is 1. The lowest BCUT2D eigenvalue weighted by Crippen LogP contribution is -2.43. The smallest absolute Gasteiger partial charge is 0.348 e. The van der Waals surface area contributed by atoms with Crippen molar-refractivity contribution in [3.63, 3.8) is 0 Å². The van der Waals surface area contributed by atoms with E-state index in [2.05, 4.69) is 5.32 Å². The zero-order valence-electron chi connectivity index (χ0n) is 19.2. The van der Waals surface area contributed by atoms with E-state index in [4.69, 9.17) is 21.1 Å². The summed E-state index contributed by atoms with van der Waals surface area (Å²) in [6, 6.07) is 11.5. The molecule has 0 spiro atoms. The van der Waals surface area contributed by atoms with Gasteiger partial charge in [-0.25, -0.2) is 13.2 Å². The fourth-order valence-corrected chi connectivity index (χ4v) is 6.82. The second kappa shape index (κ2) is 10.5. The Hall–Kier alpha value is -2.66. The Balaban J connectivity index is 1.47. The first-order valence-corrected chi connectivity index (χ1v) is 13.7. The molecular formula is C24H25ClN2O6S2. The highest BCUT2D eigenvalue weighted by Crippen LogP contribution is 2.32. The number of amides is 1. The number of sulfonamides is 1. The number of nitrogens with zero attached hydrogens (tertiary/aromatic N) is 1. The number of carbonyl (C=O) groups is 2. The quantitative estimate of drug-likeness (QED) is 0.436. The van der Waals surface area contributed by atoms with E-state index < -0.39 is 21.9 Å². The molecular weight excluding hydrogens is 512 g/mol.